The lowest BCUT2D eigenvalue weighted by Crippen LogP contribution is -2.16. The lowest BCUT2D eigenvalue weighted by molar-refractivity contribution is 0.101. The Hall–Kier alpha value is -3.43. The van der Waals surface area contributed by atoms with Crippen molar-refractivity contribution in [3.05, 3.63) is 77.7 Å². The topological polar surface area (TPSA) is 106 Å². The van der Waals surface area contributed by atoms with Crippen LogP contribution in [0.4, 0.5) is 11.6 Å². The highest BCUT2D eigenvalue weighted by Crippen LogP contribution is 2.23. The molecule has 2 heterocycles. The summed E-state index contributed by atoms with van der Waals surface area (Å²) in [6.45, 7) is 0. The van der Waals surface area contributed by atoms with E-state index >= 15 is 0 Å². The number of sulfonamides is 1. The van der Waals surface area contributed by atoms with Crippen molar-refractivity contribution in [1.29, 1.82) is 0 Å². The Morgan fingerprint density at radius 3 is 2.43 bits per heavy atom. The van der Waals surface area contributed by atoms with Gasteiger partial charge in [0, 0.05) is 41.1 Å². The van der Waals surface area contributed by atoms with Crippen LogP contribution in [0.5, 0.6) is 0 Å². The van der Waals surface area contributed by atoms with E-state index in [1.54, 1.807) is 35.9 Å². The largest absolute Gasteiger partial charge is 0.340 e. The number of nitrogens with zero attached hydrogens (tertiary/aromatic N) is 3. The van der Waals surface area contributed by atoms with Crippen LogP contribution >= 0.6 is 11.6 Å². The zero-order chi connectivity index (χ0) is 21.3. The smallest absolute Gasteiger partial charge is 0.272 e. The van der Waals surface area contributed by atoms with E-state index in [2.05, 4.69) is 20.0 Å². The van der Waals surface area contributed by atoms with E-state index in [0.29, 0.717) is 16.4 Å². The molecule has 30 heavy (non-hydrogen) atoms. The molecule has 4 aromatic rings. The number of carbonyl (C=O) groups excluding carboxylic acids is 1. The average molecular weight is 442 g/mol. The molecule has 4 rings (SSSR count). The fourth-order valence-electron chi connectivity index (χ4n) is 2.96. The molecule has 0 radical (unpaired) electrons. The van der Waals surface area contributed by atoms with Gasteiger partial charge >= 0.3 is 0 Å². The first-order valence-electron chi connectivity index (χ1n) is 8.80. The molecule has 0 saturated carbocycles. The van der Waals surface area contributed by atoms with Crippen LogP contribution in [0.3, 0.4) is 0 Å². The van der Waals surface area contributed by atoms with Gasteiger partial charge in [-0.05, 0) is 48.5 Å². The van der Waals surface area contributed by atoms with Crippen molar-refractivity contribution in [2.75, 3.05) is 10.0 Å². The Labute approximate surface area is 177 Å². The van der Waals surface area contributed by atoms with Crippen molar-refractivity contribution < 1.29 is 13.2 Å². The van der Waals surface area contributed by atoms with Crippen LogP contribution in [0.15, 0.2) is 71.9 Å². The zero-order valence-electron chi connectivity index (χ0n) is 15.7. The second kappa shape index (κ2) is 7.77. The number of benzene rings is 2. The number of aryl methyl sites for hydroxylation is 1. The summed E-state index contributed by atoms with van der Waals surface area (Å²) in [5.74, 6) is -0.345. The predicted octanol–water partition coefficient (Wildman–Crippen LogP) is 3.67. The van der Waals surface area contributed by atoms with Crippen molar-refractivity contribution in [2.24, 2.45) is 7.05 Å². The molecule has 0 saturated heterocycles. The van der Waals surface area contributed by atoms with Gasteiger partial charge in [0.15, 0.2) is 0 Å². The van der Waals surface area contributed by atoms with Gasteiger partial charge in [0.25, 0.3) is 15.9 Å². The minimum absolute atomic E-state index is 0.0206. The zero-order valence-corrected chi connectivity index (χ0v) is 17.3. The van der Waals surface area contributed by atoms with Gasteiger partial charge in [-0.3, -0.25) is 4.79 Å². The third-order valence-corrected chi connectivity index (χ3v) is 6.03. The maximum Gasteiger partial charge on any atom is 0.272 e. The summed E-state index contributed by atoms with van der Waals surface area (Å²) in [4.78, 5) is 20.4. The normalized spacial score (nSPS) is 11.4. The first-order chi connectivity index (χ1) is 14.3. The molecule has 0 aliphatic carbocycles. The van der Waals surface area contributed by atoms with Crippen LogP contribution in [0.1, 0.15) is 10.5 Å². The molecule has 0 fully saturated rings. The summed E-state index contributed by atoms with van der Waals surface area (Å²) >= 11 is 6.04. The lowest BCUT2D eigenvalue weighted by Gasteiger charge is -2.09. The number of rotatable bonds is 5. The number of carbonyl (C=O) groups is 1. The lowest BCUT2D eigenvalue weighted by atomic mass is 10.2. The van der Waals surface area contributed by atoms with E-state index in [1.165, 1.54) is 36.7 Å². The first-order valence-corrected chi connectivity index (χ1v) is 10.7. The summed E-state index contributed by atoms with van der Waals surface area (Å²) in [5, 5.41) is 4.25. The summed E-state index contributed by atoms with van der Waals surface area (Å²) in [5.41, 5.74) is 1.74. The highest BCUT2D eigenvalue weighted by Gasteiger charge is 2.17. The number of fused-ring (bicyclic) bond motifs is 1. The molecule has 0 bridgehead atoms. The molecule has 2 N–H and O–H groups in total. The molecule has 152 valence electrons. The number of hydrogen-bond acceptors (Lipinski definition) is 5. The monoisotopic (exact) mass is 441 g/mol. The van der Waals surface area contributed by atoms with Gasteiger partial charge in [-0.1, -0.05) is 17.7 Å². The molecule has 0 unspecified atom stereocenters. The second-order valence-corrected chi connectivity index (χ2v) is 8.57. The van der Waals surface area contributed by atoms with E-state index < -0.39 is 10.0 Å². The van der Waals surface area contributed by atoms with Crippen LogP contribution in [-0.2, 0) is 17.1 Å². The van der Waals surface area contributed by atoms with Crippen LogP contribution in [0.2, 0.25) is 5.02 Å². The third kappa shape index (κ3) is 3.98. The third-order valence-electron chi connectivity index (χ3n) is 4.45. The molecule has 0 spiro atoms. The highest BCUT2D eigenvalue weighted by molar-refractivity contribution is 7.92. The summed E-state index contributed by atoms with van der Waals surface area (Å²) < 4.78 is 28.9. The number of hydrogen-bond donors (Lipinski definition) is 2. The van der Waals surface area contributed by atoms with Gasteiger partial charge < -0.3 is 9.88 Å². The number of anilines is 2. The molecular formula is C20H16ClN5O3S. The minimum Gasteiger partial charge on any atom is -0.340 e. The van der Waals surface area contributed by atoms with Gasteiger partial charge in [-0.25, -0.2) is 23.1 Å². The maximum absolute atomic E-state index is 12.7. The molecule has 1 amide bonds. The van der Waals surface area contributed by atoms with Crippen molar-refractivity contribution in [2.45, 2.75) is 4.90 Å². The molecule has 2 aromatic carbocycles. The molecule has 0 atom stereocenters. The van der Waals surface area contributed by atoms with Crippen molar-refractivity contribution in [1.82, 2.24) is 14.5 Å². The second-order valence-electron chi connectivity index (χ2n) is 6.45. The average Bonchev–Trinajstić information content (AvgIpc) is 3.05. The molecule has 0 aliphatic heterocycles. The first kappa shape index (κ1) is 19.9. The molecule has 8 nitrogen and oxygen atoms in total. The summed E-state index contributed by atoms with van der Waals surface area (Å²) in [7, 11) is -2.06. The Kier molecular flexibility index (Phi) is 5.15. The van der Waals surface area contributed by atoms with Crippen molar-refractivity contribution in [3.8, 4) is 0 Å². The van der Waals surface area contributed by atoms with Gasteiger partial charge in [0.1, 0.15) is 5.69 Å². The quantitative estimate of drug-likeness (QED) is 0.491. The number of halogens is 1. The fraction of sp³-hybridized carbons (Fsp3) is 0.0500. The number of aromatic nitrogens is 3. The Morgan fingerprint density at radius 1 is 1.03 bits per heavy atom. The predicted molar refractivity (Wildman–Crippen MR) is 115 cm³/mol. The number of nitrogens with one attached hydrogen (secondary N) is 2. The van der Waals surface area contributed by atoms with Crippen LogP contribution in [0, 0.1) is 0 Å². The van der Waals surface area contributed by atoms with Crippen molar-refractivity contribution in [3.63, 3.8) is 0 Å². The van der Waals surface area contributed by atoms with Gasteiger partial charge in [0.2, 0.25) is 5.95 Å². The van der Waals surface area contributed by atoms with Crippen LogP contribution < -0.4 is 10.0 Å². The highest BCUT2D eigenvalue weighted by atomic mass is 35.5. The standard InChI is InChI=1S/C20H16ClN5O3S/c1-26-17-12-14(21)4-3-13(17)11-18(26)19(27)24-15-5-7-16(8-6-15)30(28,29)25-20-22-9-2-10-23-20/h2-12H,1H3,(H,24,27)(H,22,23,25). The van der Waals surface area contributed by atoms with Gasteiger partial charge in [-0.2, -0.15) is 0 Å². The van der Waals surface area contributed by atoms with Gasteiger partial charge in [-0.15, -0.1) is 0 Å². The maximum atomic E-state index is 12.7. The van der Waals surface area contributed by atoms with E-state index in [9.17, 15) is 13.2 Å². The van der Waals surface area contributed by atoms with Gasteiger partial charge in [0.05, 0.1) is 4.90 Å². The van der Waals surface area contributed by atoms with Crippen LogP contribution in [-0.4, -0.2) is 28.9 Å². The summed E-state index contributed by atoms with van der Waals surface area (Å²) in [6.07, 6.45) is 2.87. The van der Waals surface area contributed by atoms with E-state index in [0.717, 1.165) is 10.9 Å². The SMILES string of the molecule is Cn1c(C(=O)Nc2ccc(S(=O)(=O)Nc3ncccn3)cc2)cc2ccc(Cl)cc21. The molecule has 10 heteroatoms. The van der Waals surface area contributed by atoms with E-state index in [-0.39, 0.29) is 16.8 Å². The Morgan fingerprint density at radius 2 is 1.73 bits per heavy atom. The molecule has 0 aliphatic rings. The Balaban J connectivity index is 1.52. The van der Waals surface area contributed by atoms with Crippen LogP contribution in [0.25, 0.3) is 10.9 Å². The van der Waals surface area contributed by atoms with E-state index in [4.69, 9.17) is 11.6 Å². The minimum atomic E-state index is -3.84. The molecule has 2 aromatic heterocycles. The summed E-state index contributed by atoms with van der Waals surface area (Å²) in [6, 6.07) is 14.6. The fourth-order valence-corrected chi connectivity index (χ4v) is 4.09. The molecular weight excluding hydrogens is 426 g/mol. The van der Waals surface area contributed by atoms with Crippen molar-refractivity contribution >= 4 is 50.1 Å². The number of amides is 1. The Bertz CT molecular complexity index is 1340. The van der Waals surface area contributed by atoms with E-state index in [1.807, 2.05) is 6.07 Å².